The fourth-order valence-electron chi connectivity index (χ4n) is 1.35. The van der Waals surface area contributed by atoms with Crippen LogP contribution in [-0.4, -0.2) is 52.5 Å². The van der Waals surface area contributed by atoms with Gasteiger partial charge in [-0.05, 0) is 0 Å². The molecule has 1 spiro atoms. The van der Waals surface area contributed by atoms with Crippen molar-refractivity contribution in [3.05, 3.63) is 0 Å². The maximum atomic E-state index is 11.3. The van der Waals surface area contributed by atoms with Gasteiger partial charge in [-0.1, -0.05) is 0 Å². The van der Waals surface area contributed by atoms with Gasteiger partial charge in [-0.3, -0.25) is 9.59 Å². The summed E-state index contributed by atoms with van der Waals surface area (Å²) in [5, 5.41) is 18.4. The van der Waals surface area contributed by atoms with E-state index in [0.29, 0.717) is 0 Å². The molecule has 10 nitrogen and oxygen atoms in total. The minimum Gasteiger partial charge on any atom is -0.381 e. The van der Waals surface area contributed by atoms with Crippen molar-refractivity contribution in [3.8, 4) is 0 Å². The second-order valence-corrected chi connectivity index (χ2v) is 3.73. The standard InChI is InChI=1S/C9H8O10/c10-3-1-5(12)16-9(18-7(3)14)17-6(13)2-4(11)8(15)19-9/h3-4,10-11H,1-2H2. The summed E-state index contributed by atoms with van der Waals surface area (Å²) in [6.45, 7) is 0. The maximum Gasteiger partial charge on any atom is 0.619 e. The van der Waals surface area contributed by atoms with Crippen molar-refractivity contribution >= 4 is 23.9 Å². The smallest absolute Gasteiger partial charge is 0.381 e. The first kappa shape index (κ1) is 13.2. The van der Waals surface area contributed by atoms with E-state index in [0.717, 1.165) is 0 Å². The second kappa shape index (κ2) is 4.48. The minimum atomic E-state index is -3.04. The van der Waals surface area contributed by atoms with Crippen LogP contribution in [0.15, 0.2) is 0 Å². The van der Waals surface area contributed by atoms with Gasteiger partial charge in [0.2, 0.25) is 0 Å². The van der Waals surface area contributed by atoms with Gasteiger partial charge in [0.1, 0.15) is 0 Å². The number of hydrogen-bond donors (Lipinski definition) is 2. The van der Waals surface area contributed by atoms with Crippen LogP contribution in [0.1, 0.15) is 12.8 Å². The van der Waals surface area contributed by atoms with Gasteiger partial charge in [0.15, 0.2) is 12.2 Å². The lowest BCUT2D eigenvalue weighted by molar-refractivity contribution is -0.428. The molecule has 0 aromatic rings. The van der Waals surface area contributed by atoms with Gasteiger partial charge >= 0.3 is 30.0 Å². The zero-order chi connectivity index (χ0) is 14.2. The summed E-state index contributed by atoms with van der Waals surface area (Å²) >= 11 is 0. The molecule has 2 fully saturated rings. The van der Waals surface area contributed by atoms with E-state index < -0.39 is 55.1 Å². The highest BCUT2D eigenvalue weighted by Crippen LogP contribution is 2.27. The van der Waals surface area contributed by atoms with E-state index in [2.05, 4.69) is 18.9 Å². The lowest BCUT2D eigenvalue weighted by atomic mass is 10.3. The fraction of sp³-hybridized carbons (Fsp3) is 0.556. The van der Waals surface area contributed by atoms with Crippen LogP contribution >= 0.6 is 0 Å². The Bertz CT molecular complexity index is 412. The molecule has 2 unspecified atom stereocenters. The van der Waals surface area contributed by atoms with E-state index in [9.17, 15) is 29.4 Å². The number of carbonyl (C=O) groups is 4. The molecule has 0 aromatic carbocycles. The SMILES string of the molecule is O=C1CC(O)C(=O)OC2(O1)OC(=O)CC(O)C(=O)O2. The number of ether oxygens (including phenoxy) is 4. The Hall–Kier alpha value is -2.20. The van der Waals surface area contributed by atoms with Gasteiger partial charge in [-0.15, -0.1) is 0 Å². The van der Waals surface area contributed by atoms with Crippen molar-refractivity contribution in [1.29, 1.82) is 0 Å². The Balaban J connectivity index is 2.33. The molecule has 0 radical (unpaired) electrons. The molecule has 10 heteroatoms. The molecule has 2 N–H and O–H groups in total. The molecule has 0 bridgehead atoms. The van der Waals surface area contributed by atoms with Crippen LogP contribution in [0.5, 0.6) is 0 Å². The van der Waals surface area contributed by atoms with E-state index in [-0.39, 0.29) is 0 Å². The third kappa shape index (κ3) is 2.63. The van der Waals surface area contributed by atoms with Gasteiger partial charge in [-0.2, -0.15) is 0 Å². The van der Waals surface area contributed by atoms with E-state index in [1.54, 1.807) is 0 Å². The molecule has 0 aliphatic carbocycles. The Morgan fingerprint density at radius 3 is 1.53 bits per heavy atom. The largest absolute Gasteiger partial charge is 0.619 e. The normalized spacial score (nSPS) is 35.7. The monoisotopic (exact) mass is 276 g/mol. The topological polar surface area (TPSA) is 146 Å². The average Bonchev–Trinajstić information content (AvgIpc) is 2.41. The molecule has 0 saturated carbocycles. The third-order valence-electron chi connectivity index (χ3n) is 2.19. The molecule has 104 valence electrons. The molecule has 2 atom stereocenters. The van der Waals surface area contributed by atoms with Crippen molar-refractivity contribution < 1.29 is 48.3 Å². The molecule has 2 aliphatic rings. The van der Waals surface area contributed by atoms with Gasteiger partial charge < -0.3 is 29.2 Å². The maximum absolute atomic E-state index is 11.3. The summed E-state index contributed by atoms with van der Waals surface area (Å²) < 4.78 is 17.5. The van der Waals surface area contributed by atoms with Crippen LogP contribution in [0, 0.1) is 0 Å². The lowest BCUT2D eigenvalue weighted by Crippen LogP contribution is -2.46. The molecule has 19 heavy (non-hydrogen) atoms. The van der Waals surface area contributed by atoms with E-state index in [1.807, 2.05) is 0 Å². The van der Waals surface area contributed by atoms with Crippen LogP contribution in [0.4, 0.5) is 0 Å². The van der Waals surface area contributed by atoms with Crippen molar-refractivity contribution in [2.24, 2.45) is 0 Å². The first-order valence-electron chi connectivity index (χ1n) is 5.07. The highest BCUT2D eigenvalue weighted by atomic mass is 17.0. The van der Waals surface area contributed by atoms with Crippen molar-refractivity contribution in [1.82, 2.24) is 0 Å². The Morgan fingerprint density at radius 2 is 1.16 bits per heavy atom. The fourth-order valence-corrected chi connectivity index (χ4v) is 1.35. The lowest BCUT2D eigenvalue weighted by Gasteiger charge is -2.25. The third-order valence-corrected chi connectivity index (χ3v) is 2.19. The summed E-state index contributed by atoms with van der Waals surface area (Å²) in [4.78, 5) is 45.1. The summed E-state index contributed by atoms with van der Waals surface area (Å²) in [6, 6.07) is 0. The molecule has 0 amide bonds. The van der Waals surface area contributed by atoms with E-state index in [4.69, 9.17) is 0 Å². The van der Waals surface area contributed by atoms with Gasteiger partial charge in [0.05, 0.1) is 12.8 Å². The number of rotatable bonds is 0. The molecule has 2 heterocycles. The van der Waals surface area contributed by atoms with Crippen LogP contribution in [-0.2, 0) is 38.1 Å². The number of aliphatic hydroxyl groups excluding tert-OH is 2. The summed E-state index contributed by atoms with van der Waals surface area (Å²) in [6.07, 6.45) is -8.27. The molecule has 2 saturated heterocycles. The Labute approximate surface area is 104 Å². The molecular formula is C9H8O10. The van der Waals surface area contributed by atoms with Gasteiger partial charge in [0.25, 0.3) is 0 Å². The van der Waals surface area contributed by atoms with Gasteiger partial charge in [0, 0.05) is 0 Å². The Kier molecular flexibility index (Phi) is 3.12. The zero-order valence-electron chi connectivity index (χ0n) is 9.23. The first-order chi connectivity index (χ1) is 8.81. The number of carbonyl (C=O) groups excluding carboxylic acids is 4. The zero-order valence-corrected chi connectivity index (χ0v) is 9.23. The average molecular weight is 276 g/mol. The van der Waals surface area contributed by atoms with Gasteiger partial charge in [-0.25, -0.2) is 9.59 Å². The van der Waals surface area contributed by atoms with Crippen molar-refractivity contribution in [3.63, 3.8) is 0 Å². The molecule has 2 rings (SSSR count). The highest BCUT2D eigenvalue weighted by Gasteiger charge is 2.55. The predicted molar refractivity (Wildman–Crippen MR) is 48.3 cm³/mol. The van der Waals surface area contributed by atoms with Crippen LogP contribution in [0.3, 0.4) is 0 Å². The first-order valence-corrected chi connectivity index (χ1v) is 5.07. The molecule has 2 aliphatic heterocycles. The number of hydrogen-bond acceptors (Lipinski definition) is 10. The van der Waals surface area contributed by atoms with E-state index >= 15 is 0 Å². The Morgan fingerprint density at radius 1 is 0.789 bits per heavy atom. The predicted octanol–water partition coefficient (Wildman–Crippen LogP) is -2.70. The van der Waals surface area contributed by atoms with Crippen molar-refractivity contribution in [2.45, 2.75) is 31.2 Å². The summed E-state index contributed by atoms with van der Waals surface area (Å²) in [5.41, 5.74) is 0. The van der Waals surface area contributed by atoms with Crippen LogP contribution < -0.4 is 0 Å². The second-order valence-electron chi connectivity index (χ2n) is 3.73. The quantitative estimate of drug-likeness (QED) is 0.448. The highest BCUT2D eigenvalue weighted by molar-refractivity contribution is 5.86. The number of esters is 4. The molecule has 0 aromatic heterocycles. The van der Waals surface area contributed by atoms with Crippen LogP contribution in [0.2, 0.25) is 0 Å². The van der Waals surface area contributed by atoms with Crippen molar-refractivity contribution in [2.75, 3.05) is 0 Å². The van der Waals surface area contributed by atoms with E-state index in [1.165, 1.54) is 0 Å². The minimum absolute atomic E-state index is 0.766. The summed E-state index contributed by atoms with van der Waals surface area (Å²) in [5.74, 6) is -5.17. The molecular weight excluding hydrogens is 268 g/mol. The van der Waals surface area contributed by atoms with Crippen LogP contribution in [0.25, 0.3) is 0 Å². The summed E-state index contributed by atoms with van der Waals surface area (Å²) in [7, 11) is 0. The number of aliphatic hydroxyl groups is 2.